The van der Waals surface area contributed by atoms with Gasteiger partial charge in [-0.3, -0.25) is 0 Å². The molecular weight excluding hydrogens is 210 g/mol. The van der Waals surface area contributed by atoms with Crippen molar-refractivity contribution in [2.75, 3.05) is 37.4 Å². The Morgan fingerprint density at radius 3 is 3.27 bits per heavy atom. The quantitative estimate of drug-likeness (QED) is 0.852. The fourth-order valence-electron chi connectivity index (χ4n) is 2.06. The van der Waals surface area contributed by atoms with Gasteiger partial charge >= 0.3 is 0 Å². The lowest BCUT2D eigenvalue weighted by molar-refractivity contribution is 0.143. The molecule has 1 fully saturated rings. The molecular formula is C10H17N3OS. The fourth-order valence-corrected chi connectivity index (χ4v) is 2.77. The molecule has 2 rings (SSSR count). The summed E-state index contributed by atoms with van der Waals surface area (Å²) in [5, 5.41) is 1.19. The second-order valence-electron chi connectivity index (χ2n) is 4.00. The number of rotatable bonds is 3. The van der Waals surface area contributed by atoms with E-state index in [4.69, 9.17) is 10.5 Å². The van der Waals surface area contributed by atoms with Crippen LogP contribution in [0, 0.1) is 5.92 Å². The van der Waals surface area contributed by atoms with Crippen molar-refractivity contribution in [1.82, 2.24) is 4.37 Å². The molecule has 4 nitrogen and oxygen atoms in total. The molecule has 1 unspecified atom stereocenters. The molecule has 2 N–H and O–H groups in total. The van der Waals surface area contributed by atoms with E-state index >= 15 is 0 Å². The zero-order valence-corrected chi connectivity index (χ0v) is 9.80. The number of nitrogens with two attached hydrogens (primary N) is 1. The Morgan fingerprint density at radius 1 is 1.73 bits per heavy atom. The normalized spacial score (nSPS) is 21.9. The van der Waals surface area contributed by atoms with Crippen LogP contribution in [0.4, 0.5) is 10.8 Å². The SMILES string of the molecule is COCC1CCCN(c2cc(N)ns2)C1. The number of ether oxygens (including phenoxy) is 1. The van der Waals surface area contributed by atoms with E-state index < -0.39 is 0 Å². The highest BCUT2D eigenvalue weighted by Gasteiger charge is 2.21. The van der Waals surface area contributed by atoms with Crippen LogP contribution < -0.4 is 10.6 Å². The molecule has 1 aliphatic heterocycles. The fraction of sp³-hybridized carbons (Fsp3) is 0.700. The first kappa shape index (κ1) is 10.7. The van der Waals surface area contributed by atoms with Gasteiger partial charge in [0.05, 0.1) is 6.61 Å². The van der Waals surface area contributed by atoms with Crippen molar-refractivity contribution in [3.63, 3.8) is 0 Å². The summed E-state index contributed by atoms with van der Waals surface area (Å²) in [5.74, 6) is 1.27. The number of methoxy groups -OCH3 is 1. The number of nitrogens with zero attached hydrogens (tertiary/aromatic N) is 2. The molecule has 1 aromatic rings. The second-order valence-corrected chi connectivity index (χ2v) is 4.78. The predicted molar refractivity (Wildman–Crippen MR) is 63.3 cm³/mol. The van der Waals surface area contributed by atoms with E-state index in [1.807, 2.05) is 6.07 Å². The van der Waals surface area contributed by atoms with E-state index in [1.165, 1.54) is 29.4 Å². The summed E-state index contributed by atoms with van der Waals surface area (Å²) in [6.45, 7) is 3.03. The summed E-state index contributed by atoms with van der Waals surface area (Å²) < 4.78 is 9.32. The number of nitrogen functional groups attached to an aromatic ring is 1. The Morgan fingerprint density at radius 2 is 2.60 bits per heavy atom. The maximum Gasteiger partial charge on any atom is 0.139 e. The van der Waals surface area contributed by atoms with Crippen LogP contribution in [-0.4, -0.2) is 31.2 Å². The zero-order chi connectivity index (χ0) is 10.7. The van der Waals surface area contributed by atoms with Crippen molar-refractivity contribution in [3.8, 4) is 0 Å². The molecule has 1 aliphatic rings. The average molecular weight is 227 g/mol. The molecule has 15 heavy (non-hydrogen) atoms. The Kier molecular flexibility index (Phi) is 3.43. The van der Waals surface area contributed by atoms with Crippen LogP contribution in [0.5, 0.6) is 0 Å². The Labute approximate surface area is 94.2 Å². The number of anilines is 2. The van der Waals surface area contributed by atoms with Crippen LogP contribution in [0.25, 0.3) is 0 Å². The van der Waals surface area contributed by atoms with Crippen LogP contribution >= 0.6 is 11.5 Å². The monoisotopic (exact) mass is 227 g/mol. The molecule has 1 atom stereocenters. The van der Waals surface area contributed by atoms with Crippen LogP contribution in [-0.2, 0) is 4.74 Å². The van der Waals surface area contributed by atoms with Crippen molar-refractivity contribution in [3.05, 3.63) is 6.07 Å². The topological polar surface area (TPSA) is 51.4 Å². The summed E-state index contributed by atoms with van der Waals surface area (Å²) >= 11 is 1.49. The minimum absolute atomic E-state index is 0.629. The van der Waals surface area contributed by atoms with Gasteiger partial charge in [-0.15, -0.1) is 0 Å². The number of piperidine rings is 1. The number of hydrogen-bond donors (Lipinski definition) is 1. The van der Waals surface area contributed by atoms with Crippen LogP contribution in [0.3, 0.4) is 0 Å². The van der Waals surface area contributed by atoms with E-state index in [0.717, 1.165) is 19.7 Å². The van der Waals surface area contributed by atoms with Crippen molar-refractivity contribution < 1.29 is 4.74 Å². The molecule has 0 spiro atoms. The zero-order valence-electron chi connectivity index (χ0n) is 8.98. The highest BCUT2D eigenvalue weighted by atomic mass is 32.1. The third-order valence-electron chi connectivity index (χ3n) is 2.75. The van der Waals surface area contributed by atoms with Gasteiger partial charge in [0.25, 0.3) is 0 Å². The summed E-state index contributed by atoms with van der Waals surface area (Å²) in [6.07, 6.45) is 2.49. The lowest BCUT2D eigenvalue weighted by Gasteiger charge is -2.32. The molecule has 0 aliphatic carbocycles. The van der Waals surface area contributed by atoms with E-state index in [2.05, 4.69) is 9.27 Å². The summed E-state index contributed by atoms with van der Waals surface area (Å²) in [6, 6.07) is 1.96. The van der Waals surface area contributed by atoms with Crippen molar-refractivity contribution in [1.29, 1.82) is 0 Å². The molecule has 0 saturated carbocycles. The molecule has 5 heteroatoms. The lowest BCUT2D eigenvalue weighted by atomic mass is 9.99. The predicted octanol–water partition coefficient (Wildman–Crippen LogP) is 1.59. The first-order valence-corrected chi connectivity index (χ1v) is 6.03. The highest BCUT2D eigenvalue weighted by Crippen LogP contribution is 2.27. The third-order valence-corrected chi connectivity index (χ3v) is 3.61. The summed E-state index contributed by atoms with van der Waals surface area (Å²) in [5.41, 5.74) is 5.63. The summed E-state index contributed by atoms with van der Waals surface area (Å²) in [4.78, 5) is 2.36. The molecule has 84 valence electrons. The maximum absolute atomic E-state index is 5.63. The highest BCUT2D eigenvalue weighted by molar-refractivity contribution is 7.10. The lowest BCUT2D eigenvalue weighted by Crippen LogP contribution is -2.36. The van der Waals surface area contributed by atoms with Gasteiger partial charge in [-0.2, -0.15) is 4.37 Å². The smallest absolute Gasteiger partial charge is 0.139 e. The Hall–Kier alpha value is -0.810. The second kappa shape index (κ2) is 4.81. The third kappa shape index (κ3) is 2.60. The van der Waals surface area contributed by atoms with Gasteiger partial charge in [0, 0.05) is 26.3 Å². The first-order valence-electron chi connectivity index (χ1n) is 5.25. The summed E-state index contributed by atoms with van der Waals surface area (Å²) in [7, 11) is 1.77. The van der Waals surface area contributed by atoms with Crippen molar-refractivity contribution in [2.45, 2.75) is 12.8 Å². The van der Waals surface area contributed by atoms with Gasteiger partial charge < -0.3 is 15.4 Å². The van der Waals surface area contributed by atoms with Gasteiger partial charge in [-0.25, -0.2) is 0 Å². The van der Waals surface area contributed by atoms with E-state index in [1.54, 1.807) is 7.11 Å². The molecule has 0 bridgehead atoms. The molecule has 0 amide bonds. The van der Waals surface area contributed by atoms with E-state index in [0.29, 0.717) is 11.7 Å². The molecule has 1 aromatic heterocycles. The largest absolute Gasteiger partial charge is 0.384 e. The van der Waals surface area contributed by atoms with Gasteiger partial charge in [0.2, 0.25) is 0 Å². The van der Waals surface area contributed by atoms with Crippen LogP contribution in [0.15, 0.2) is 6.07 Å². The van der Waals surface area contributed by atoms with Gasteiger partial charge in [-0.05, 0) is 30.3 Å². The van der Waals surface area contributed by atoms with Gasteiger partial charge in [0.1, 0.15) is 10.8 Å². The van der Waals surface area contributed by atoms with E-state index in [9.17, 15) is 0 Å². The number of hydrogen-bond acceptors (Lipinski definition) is 5. The van der Waals surface area contributed by atoms with Crippen molar-refractivity contribution >= 4 is 22.4 Å². The van der Waals surface area contributed by atoms with Crippen LogP contribution in [0.2, 0.25) is 0 Å². The standard InChI is InChI=1S/C10H17N3OS/c1-14-7-8-3-2-4-13(6-8)10-5-9(11)12-15-10/h5,8H,2-4,6-7H2,1H3,(H2,11,12). The maximum atomic E-state index is 5.63. The van der Waals surface area contributed by atoms with E-state index in [-0.39, 0.29) is 0 Å². The molecule has 2 heterocycles. The molecule has 0 radical (unpaired) electrons. The van der Waals surface area contributed by atoms with Crippen molar-refractivity contribution in [2.24, 2.45) is 5.92 Å². The molecule has 1 saturated heterocycles. The Bertz CT molecular complexity index is 313. The molecule has 0 aromatic carbocycles. The van der Waals surface area contributed by atoms with Crippen LogP contribution in [0.1, 0.15) is 12.8 Å². The average Bonchev–Trinajstić information content (AvgIpc) is 2.66. The number of aromatic nitrogens is 1. The van der Waals surface area contributed by atoms with Gasteiger partial charge in [-0.1, -0.05) is 0 Å². The first-order chi connectivity index (χ1) is 7.29. The van der Waals surface area contributed by atoms with Gasteiger partial charge in [0.15, 0.2) is 0 Å². The minimum atomic E-state index is 0.629. The minimum Gasteiger partial charge on any atom is -0.384 e. The Balaban J connectivity index is 1.98.